The maximum Gasteiger partial charge on any atom is 0.248 e. The van der Waals surface area contributed by atoms with Crippen LogP contribution in [0, 0.1) is 5.92 Å². The third-order valence-electron chi connectivity index (χ3n) is 6.64. The number of nitrogens with zero attached hydrogens (tertiary/aromatic N) is 5. The molecule has 25 heavy (non-hydrogen) atoms. The van der Waals surface area contributed by atoms with Crippen LogP contribution in [0.15, 0.2) is 6.33 Å². The molecule has 0 aromatic carbocycles. The van der Waals surface area contributed by atoms with Crippen molar-refractivity contribution < 1.29 is 4.79 Å². The molecule has 0 bridgehead atoms. The number of hydrogen-bond donors (Lipinski definition) is 1. The molecular weight excluding hydrogens is 316 g/mol. The summed E-state index contributed by atoms with van der Waals surface area (Å²) in [5.41, 5.74) is -0.581. The average molecular weight is 346 g/mol. The predicted octanol–water partition coefficient (Wildman–Crippen LogP) is 1.71. The van der Waals surface area contributed by atoms with Crippen LogP contribution in [0.1, 0.15) is 64.2 Å². The van der Waals surface area contributed by atoms with E-state index in [1.54, 1.807) is 11.0 Å². The summed E-state index contributed by atoms with van der Waals surface area (Å²) in [5, 5.41) is 14.9. The Labute approximate surface area is 149 Å². The lowest BCUT2D eigenvalue weighted by molar-refractivity contribution is -0.132. The molecule has 7 heteroatoms. The van der Waals surface area contributed by atoms with Gasteiger partial charge in [0.15, 0.2) is 0 Å². The number of rotatable bonds is 4. The Morgan fingerprint density at radius 2 is 1.92 bits per heavy atom. The summed E-state index contributed by atoms with van der Waals surface area (Å²) in [6.45, 7) is 3.28. The number of amides is 1. The summed E-state index contributed by atoms with van der Waals surface area (Å²) in [4.78, 5) is 15.8. The van der Waals surface area contributed by atoms with Gasteiger partial charge in [-0.05, 0) is 68.0 Å². The minimum atomic E-state index is -0.581. The van der Waals surface area contributed by atoms with Gasteiger partial charge in [0.25, 0.3) is 0 Å². The van der Waals surface area contributed by atoms with Crippen molar-refractivity contribution in [1.82, 2.24) is 30.4 Å². The third kappa shape index (κ3) is 3.30. The molecule has 0 unspecified atom stereocenters. The summed E-state index contributed by atoms with van der Waals surface area (Å²) in [7, 11) is 0. The number of tetrazole rings is 1. The van der Waals surface area contributed by atoms with Crippen LogP contribution in [0.4, 0.5) is 0 Å². The first kappa shape index (κ1) is 16.9. The number of aromatic nitrogens is 4. The normalized spacial score (nSPS) is 29.8. The van der Waals surface area contributed by atoms with Crippen molar-refractivity contribution in [2.45, 2.75) is 75.8 Å². The van der Waals surface area contributed by atoms with Crippen LogP contribution in [-0.2, 0) is 10.3 Å². The monoisotopic (exact) mass is 346 g/mol. The highest BCUT2D eigenvalue weighted by atomic mass is 16.2. The molecule has 4 rings (SSSR count). The summed E-state index contributed by atoms with van der Waals surface area (Å²) in [6, 6.07) is 0.665. The molecule has 1 N–H and O–H groups in total. The predicted molar refractivity (Wildman–Crippen MR) is 93.8 cm³/mol. The number of nitrogens with one attached hydrogen (secondary N) is 1. The maximum absolute atomic E-state index is 13.2. The Bertz CT molecular complexity index is 566. The van der Waals surface area contributed by atoms with Gasteiger partial charge in [0.1, 0.15) is 11.9 Å². The Morgan fingerprint density at radius 1 is 1.08 bits per heavy atom. The van der Waals surface area contributed by atoms with E-state index in [-0.39, 0.29) is 5.91 Å². The topological polar surface area (TPSA) is 75.9 Å². The molecule has 2 saturated heterocycles. The third-order valence-corrected chi connectivity index (χ3v) is 6.64. The SMILES string of the molecule is O=C(NC[C@@H]1CCCN2CCCC[C@H]12)C1(n2cnnn2)CCCCC1. The number of piperidine rings is 2. The lowest BCUT2D eigenvalue weighted by Crippen LogP contribution is -2.54. The Balaban J connectivity index is 1.43. The molecule has 1 aliphatic carbocycles. The summed E-state index contributed by atoms with van der Waals surface area (Å²) in [6.07, 6.45) is 13.0. The van der Waals surface area contributed by atoms with Gasteiger partial charge >= 0.3 is 0 Å². The Hall–Kier alpha value is -1.50. The average Bonchev–Trinajstić information content (AvgIpc) is 3.22. The van der Waals surface area contributed by atoms with Gasteiger partial charge in [-0.1, -0.05) is 25.7 Å². The molecule has 7 nitrogen and oxygen atoms in total. The van der Waals surface area contributed by atoms with E-state index >= 15 is 0 Å². The van der Waals surface area contributed by atoms with E-state index in [2.05, 4.69) is 25.7 Å². The highest BCUT2D eigenvalue weighted by molar-refractivity contribution is 5.84. The smallest absolute Gasteiger partial charge is 0.248 e. The van der Waals surface area contributed by atoms with Crippen molar-refractivity contribution in [3.05, 3.63) is 6.33 Å². The van der Waals surface area contributed by atoms with Crippen LogP contribution in [0.25, 0.3) is 0 Å². The molecular formula is C18H30N6O. The summed E-state index contributed by atoms with van der Waals surface area (Å²) in [5.74, 6) is 0.708. The molecule has 1 amide bonds. The molecule has 0 radical (unpaired) electrons. The van der Waals surface area contributed by atoms with E-state index in [9.17, 15) is 4.79 Å². The molecule has 3 fully saturated rings. The number of hydrogen-bond acceptors (Lipinski definition) is 5. The van der Waals surface area contributed by atoms with Gasteiger partial charge in [-0.2, -0.15) is 0 Å². The van der Waals surface area contributed by atoms with Gasteiger partial charge in [-0.15, -0.1) is 5.10 Å². The zero-order valence-corrected chi connectivity index (χ0v) is 15.1. The first-order chi connectivity index (χ1) is 12.3. The Morgan fingerprint density at radius 3 is 2.72 bits per heavy atom. The van der Waals surface area contributed by atoms with Crippen molar-refractivity contribution in [1.29, 1.82) is 0 Å². The molecule has 2 atom stereocenters. The van der Waals surface area contributed by atoms with E-state index in [0.717, 1.165) is 32.2 Å². The van der Waals surface area contributed by atoms with Crippen LogP contribution in [0.3, 0.4) is 0 Å². The van der Waals surface area contributed by atoms with Gasteiger partial charge in [0.05, 0.1) is 0 Å². The second-order valence-electron chi connectivity index (χ2n) is 8.06. The van der Waals surface area contributed by atoms with Crippen LogP contribution >= 0.6 is 0 Å². The van der Waals surface area contributed by atoms with Gasteiger partial charge in [-0.25, -0.2) is 4.68 Å². The van der Waals surface area contributed by atoms with Gasteiger partial charge in [0.2, 0.25) is 5.91 Å². The molecule has 1 aromatic rings. The second kappa shape index (κ2) is 7.40. The molecule has 1 saturated carbocycles. The fourth-order valence-corrected chi connectivity index (χ4v) is 5.26. The van der Waals surface area contributed by atoms with E-state index in [4.69, 9.17) is 0 Å². The highest BCUT2D eigenvalue weighted by Crippen LogP contribution is 2.35. The van der Waals surface area contributed by atoms with Crippen molar-refractivity contribution in [2.24, 2.45) is 5.92 Å². The first-order valence-corrected chi connectivity index (χ1v) is 10.1. The van der Waals surface area contributed by atoms with E-state index in [1.807, 2.05) is 0 Å². The molecule has 1 aromatic heterocycles. The summed E-state index contributed by atoms with van der Waals surface area (Å²) >= 11 is 0. The Kier molecular flexibility index (Phi) is 5.01. The molecule has 3 heterocycles. The number of carbonyl (C=O) groups is 1. The van der Waals surface area contributed by atoms with E-state index in [1.165, 1.54) is 51.6 Å². The zero-order chi connectivity index (χ0) is 17.1. The first-order valence-electron chi connectivity index (χ1n) is 10.1. The van der Waals surface area contributed by atoms with E-state index in [0.29, 0.717) is 12.0 Å². The number of carbonyl (C=O) groups excluding carboxylic acids is 1. The lowest BCUT2D eigenvalue weighted by Gasteiger charge is -2.45. The second-order valence-corrected chi connectivity index (χ2v) is 8.06. The quantitative estimate of drug-likeness (QED) is 0.898. The summed E-state index contributed by atoms with van der Waals surface area (Å²) < 4.78 is 1.70. The largest absolute Gasteiger partial charge is 0.354 e. The van der Waals surface area contributed by atoms with Crippen LogP contribution in [0.2, 0.25) is 0 Å². The lowest BCUT2D eigenvalue weighted by atomic mass is 9.80. The maximum atomic E-state index is 13.2. The molecule has 3 aliphatic rings. The standard InChI is InChI=1S/C18H30N6O/c25-17(18(9-3-1-4-10-18)24-14-20-21-22-24)19-13-15-7-6-12-23-11-5-2-8-16(15)23/h14-16H,1-13H2,(H,19,25)/t15-,16+/m0/s1. The van der Waals surface area contributed by atoms with Crippen LogP contribution in [-0.4, -0.2) is 56.7 Å². The van der Waals surface area contributed by atoms with Crippen molar-refractivity contribution in [3.63, 3.8) is 0 Å². The van der Waals surface area contributed by atoms with Crippen LogP contribution in [0.5, 0.6) is 0 Å². The zero-order valence-electron chi connectivity index (χ0n) is 15.1. The minimum absolute atomic E-state index is 0.118. The molecule has 2 aliphatic heterocycles. The minimum Gasteiger partial charge on any atom is -0.354 e. The fourth-order valence-electron chi connectivity index (χ4n) is 5.26. The molecule has 0 spiro atoms. The van der Waals surface area contributed by atoms with Gasteiger partial charge < -0.3 is 10.2 Å². The van der Waals surface area contributed by atoms with Crippen molar-refractivity contribution in [2.75, 3.05) is 19.6 Å². The van der Waals surface area contributed by atoms with Crippen molar-refractivity contribution in [3.8, 4) is 0 Å². The van der Waals surface area contributed by atoms with Crippen molar-refractivity contribution >= 4 is 5.91 Å². The highest BCUT2D eigenvalue weighted by Gasteiger charge is 2.43. The van der Waals surface area contributed by atoms with Gasteiger partial charge in [-0.3, -0.25) is 4.79 Å². The number of fused-ring (bicyclic) bond motifs is 1. The van der Waals surface area contributed by atoms with E-state index < -0.39 is 5.54 Å². The van der Waals surface area contributed by atoms with Crippen LogP contribution < -0.4 is 5.32 Å². The fraction of sp³-hybridized carbons (Fsp3) is 0.889. The van der Waals surface area contributed by atoms with Gasteiger partial charge in [0, 0.05) is 12.6 Å². The molecule has 138 valence electrons.